The van der Waals surface area contributed by atoms with Crippen molar-refractivity contribution in [3.8, 4) is 0 Å². The Labute approximate surface area is 179 Å². The van der Waals surface area contributed by atoms with E-state index in [1.165, 1.54) is 6.08 Å². The second-order valence-electron chi connectivity index (χ2n) is 7.09. The fourth-order valence-electron chi connectivity index (χ4n) is 3.42. The highest BCUT2D eigenvalue weighted by Crippen LogP contribution is 2.37. The zero-order valence-corrected chi connectivity index (χ0v) is 17.5. The zero-order chi connectivity index (χ0) is 20.9. The molecular formula is C24H22N2O3S. The van der Waals surface area contributed by atoms with Crippen molar-refractivity contribution in [2.45, 2.75) is 23.5 Å². The molecule has 1 unspecified atom stereocenters. The number of esters is 1. The Morgan fingerprint density at radius 2 is 2.00 bits per heavy atom. The average molecular weight is 419 g/mol. The summed E-state index contributed by atoms with van der Waals surface area (Å²) in [5, 5.41) is 1.42. The van der Waals surface area contributed by atoms with Crippen LogP contribution in [0.15, 0.2) is 71.8 Å². The lowest BCUT2D eigenvalue weighted by Crippen LogP contribution is -2.35. The molecule has 0 bridgehead atoms. The van der Waals surface area contributed by atoms with Crippen molar-refractivity contribution < 1.29 is 14.3 Å². The first-order valence-electron chi connectivity index (χ1n) is 9.86. The number of para-hydroxylation sites is 2. The van der Waals surface area contributed by atoms with Crippen LogP contribution in [0.1, 0.15) is 18.9 Å². The van der Waals surface area contributed by atoms with Crippen molar-refractivity contribution in [1.82, 2.24) is 4.98 Å². The number of rotatable bonds is 4. The van der Waals surface area contributed by atoms with Crippen LogP contribution in [0.4, 0.5) is 5.69 Å². The molecule has 1 atom stereocenters. The van der Waals surface area contributed by atoms with Crippen LogP contribution >= 0.6 is 11.8 Å². The molecule has 3 aromatic rings. The largest absolute Gasteiger partial charge is 0.452 e. The summed E-state index contributed by atoms with van der Waals surface area (Å²) in [6.07, 6.45) is 5.61. The van der Waals surface area contributed by atoms with E-state index in [-0.39, 0.29) is 12.5 Å². The summed E-state index contributed by atoms with van der Waals surface area (Å²) in [6.45, 7) is 2.48. The van der Waals surface area contributed by atoms with E-state index in [0.717, 1.165) is 33.5 Å². The van der Waals surface area contributed by atoms with Crippen LogP contribution in [0, 0.1) is 0 Å². The lowest BCUT2D eigenvalue weighted by Gasteiger charge is -2.22. The van der Waals surface area contributed by atoms with Gasteiger partial charge in [-0.1, -0.05) is 43.3 Å². The van der Waals surface area contributed by atoms with Gasteiger partial charge in [-0.3, -0.25) is 9.78 Å². The van der Waals surface area contributed by atoms with E-state index >= 15 is 0 Å². The SMILES string of the molecule is CC1CCN(C(=O)COC(=O)/C=C/c2cccc3cccnc23)c2ccccc2S1. The average Bonchev–Trinajstić information content (AvgIpc) is 2.94. The summed E-state index contributed by atoms with van der Waals surface area (Å²) < 4.78 is 5.23. The molecule has 0 radical (unpaired) electrons. The second-order valence-corrected chi connectivity index (χ2v) is 8.57. The molecule has 5 nitrogen and oxygen atoms in total. The molecule has 4 rings (SSSR count). The summed E-state index contributed by atoms with van der Waals surface area (Å²) in [5.41, 5.74) is 2.52. The molecule has 1 amide bonds. The third kappa shape index (κ3) is 4.54. The van der Waals surface area contributed by atoms with Gasteiger partial charge >= 0.3 is 5.97 Å². The lowest BCUT2D eigenvalue weighted by molar-refractivity contribution is -0.142. The van der Waals surface area contributed by atoms with E-state index in [4.69, 9.17) is 4.74 Å². The molecule has 152 valence electrons. The molecule has 30 heavy (non-hydrogen) atoms. The lowest BCUT2D eigenvalue weighted by atomic mass is 10.1. The molecule has 6 heteroatoms. The van der Waals surface area contributed by atoms with Crippen molar-refractivity contribution in [2.75, 3.05) is 18.1 Å². The zero-order valence-electron chi connectivity index (χ0n) is 16.7. The highest BCUT2D eigenvalue weighted by Gasteiger charge is 2.24. The van der Waals surface area contributed by atoms with E-state index in [0.29, 0.717) is 11.8 Å². The fourth-order valence-corrected chi connectivity index (χ4v) is 4.54. The summed E-state index contributed by atoms with van der Waals surface area (Å²) >= 11 is 1.77. The van der Waals surface area contributed by atoms with Crippen LogP contribution in [0.3, 0.4) is 0 Å². The van der Waals surface area contributed by atoms with Gasteiger partial charge in [-0.15, -0.1) is 11.8 Å². The smallest absolute Gasteiger partial charge is 0.331 e. The van der Waals surface area contributed by atoms with Gasteiger partial charge in [0.15, 0.2) is 6.61 Å². The van der Waals surface area contributed by atoms with Gasteiger partial charge in [0, 0.05) is 39.9 Å². The number of pyridine rings is 1. The number of nitrogens with zero attached hydrogens (tertiary/aromatic N) is 2. The standard InChI is InChI=1S/C24H22N2O3S/c1-17-13-15-26(20-9-2-3-10-21(20)30-17)22(27)16-29-23(28)12-11-19-7-4-6-18-8-5-14-25-24(18)19/h2-12,14,17H,13,15-16H2,1H3/b12-11+. The number of benzene rings is 2. The number of carbonyl (C=O) groups is 2. The van der Waals surface area contributed by atoms with Gasteiger partial charge in [0.2, 0.25) is 0 Å². The number of fused-ring (bicyclic) bond motifs is 2. The monoisotopic (exact) mass is 418 g/mol. The third-order valence-electron chi connectivity index (χ3n) is 4.95. The molecule has 0 N–H and O–H groups in total. The van der Waals surface area contributed by atoms with E-state index in [1.807, 2.05) is 54.6 Å². The number of hydrogen-bond donors (Lipinski definition) is 0. The van der Waals surface area contributed by atoms with E-state index in [1.54, 1.807) is 28.9 Å². The molecule has 1 aliphatic rings. The van der Waals surface area contributed by atoms with Crippen LogP contribution in [-0.4, -0.2) is 35.3 Å². The third-order valence-corrected chi connectivity index (χ3v) is 6.18. The molecule has 0 saturated heterocycles. The highest BCUT2D eigenvalue weighted by molar-refractivity contribution is 8.00. The Balaban J connectivity index is 1.41. The molecule has 0 spiro atoms. The molecule has 0 fully saturated rings. The van der Waals surface area contributed by atoms with Crippen LogP contribution in [-0.2, 0) is 14.3 Å². The Bertz CT molecular complexity index is 1110. The van der Waals surface area contributed by atoms with Crippen molar-refractivity contribution in [3.05, 3.63) is 72.4 Å². The normalized spacial score (nSPS) is 16.3. The Morgan fingerprint density at radius 1 is 1.17 bits per heavy atom. The predicted molar refractivity (Wildman–Crippen MR) is 120 cm³/mol. The van der Waals surface area contributed by atoms with Crippen molar-refractivity contribution in [2.24, 2.45) is 0 Å². The van der Waals surface area contributed by atoms with Crippen LogP contribution in [0.5, 0.6) is 0 Å². The number of hydrogen-bond acceptors (Lipinski definition) is 5. The molecule has 2 aromatic carbocycles. The predicted octanol–water partition coefficient (Wildman–Crippen LogP) is 4.71. The van der Waals surface area contributed by atoms with Gasteiger partial charge in [0.1, 0.15) is 0 Å². The first kappa shape index (κ1) is 20.2. The minimum absolute atomic E-state index is 0.217. The Kier molecular flexibility index (Phi) is 6.14. The van der Waals surface area contributed by atoms with Crippen molar-refractivity contribution in [1.29, 1.82) is 0 Å². The van der Waals surface area contributed by atoms with Crippen molar-refractivity contribution >= 4 is 46.3 Å². The molecule has 1 aromatic heterocycles. The Morgan fingerprint density at radius 3 is 2.90 bits per heavy atom. The van der Waals surface area contributed by atoms with Gasteiger partial charge in [-0.2, -0.15) is 0 Å². The minimum Gasteiger partial charge on any atom is -0.452 e. The number of ether oxygens (including phenoxy) is 1. The second kappa shape index (κ2) is 9.13. The van der Waals surface area contributed by atoms with E-state index < -0.39 is 5.97 Å². The van der Waals surface area contributed by atoms with E-state index in [9.17, 15) is 9.59 Å². The summed E-state index contributed by atoms with van der Waals surface area (Å²) in [4.78, 5) is 32.1. The van der Waals surface area contributed by atoms with Gasteiger partial charge in [0.05, 0.1) is 11.2 Å². The number of thioether (sulfide) groups is 1. The number of anilines is 1. The van der Waals surface area contributed by atoms with Gasteiger partial charge < -0.3 is 9.64 Å². The molecule has 0 saturated carbocycles. The van der Waals surface area contributed by atoms with Gasteiger partial charge in [-0.25, -0.2) is 4.79 Å². The molecular weight excluding hydrogens is 396 g/mol. The maximum Gasteiger partial charge on any atom is 0.331 e. The minimum atomic E-state index is -0.554. The van der Waals surface area contributed by atoms with E-state index in [2.05, 4.69) is 11.9 Å². The van der Waals surface area contributed by atoms with Crippen LogP contribution in [0.2, 0.25) is 0 Å². The van der Waals surface area contributed by atoms with Gasteiger partial charge in [0.25, 0.3) is 5.91 Å². The van der Waals surface area contributed by atoms with Crippen LogP contribution < -0.4 is 4.90 Å². The quantitative estimate of drug-likeness (QED) is 0.454. The number of carbonyl (C=O) groups excluding carboxylic acids is 2. The highest BCUT2D eigenvalue weighted by atomic mass is 32.2. The summed E-state index contributed by atoms with van der Waals surface area (Å²) in [7, 11) is 0. The summed E-state index contributed by atoms with van der Waals surface area (Å²) in [6, 6.07) is 17.5. The van der Waals surface area contributed by atoms with Crippen LogP contribution in [0.25, 0.3) is 17.0 Å². The maximum absolute atomic E-state index is 12.8. The fraction of sp³-hybridized carbons (Fsp3) is 0.208. The van der Waals surface area contributed by atoms with Gasteiger partial charge in [-0.05, 0) is 30.7 Å². The summed E-state index contributed by atoms with van der Waals surface area (Å²) in [5.74, 6) is -0.770. The number of amides is 1. The topological polar surface area (TPSA) is 59.5 Å². The molecule has 1 aliphatic heterocycles. The maximum atomic E-state index is 12.8. The first-order valence-corrected chi connectivity index (χ1v) is 10.7. The van der Waals surface area contributed by atoms with Crippen molar-refractivity contribution in [3.63, 3.8) is 0 Å². The first-order chi connectivity index (χ1) is 14.6. The Hall–Kier alpha value is -3.12. The molecule has 2 heterocycles. The molecule has 0 aliphatic carbocycles. The number of aromatic nitrogens is 1.